The number of fused-ring (bicyclic) bond motifs is 1. The second-order valence-corrected chi connectivity index (χ2v) is 13.4. The van der Waals surface area contributed by atoms with Gasteiger partial charge in [0.15, 0.2) is 18.9 Å². The Bertz CT molecular complexity index is 431. The van der Waals surface area contributed by atoms with Gasteiger partial charge < -0.3 is 28.4 Å². The summed E-state index contributed by atoms with van der Waals surface area (Å²) in [6.07, 6.45) is 0.876. The molecule has 0 aliphatic carbocycles. The van der Waals surface area contributed by atoms with Crippen LogP contribution in [0.25, 0.3) is 0 Å². The molecule has 3 atom stereocenters. The average molecular weight is 361 g/mol. The third-order valence-electron chi connectivity index (χ3n) is 3.88. The fourth-order valence-corrected chi connectivity index (χ4v) is 3.20. The number of ether oxygens (including phenoxy) is 6. The second-order valence-electron chi connectivity index (χ2n) is 7.80. The molecule has 0 spiro atoms. The Balaban J connectivity index is 2.01. The van der Waals surface area contributed by atoms with Gasteiger partial charge in [0.1, 0.15) is 18.0 Å². The largest absolute Gasteiger partial charge is 0.469 e. The predicted octanol–water partition coefficient (Wildman–Crippen LogP) is 3.11. The number of hydrogen-bond acceptors (Lipinski definition) is 6. The van der Waals surface area contributed by atoms with Crippen molar-refractivity contribution in [3.8, 4) is 0 Å². The van der Waals surface area contributed by atoms with E-state index in [2.05, 4.69) is 19.6 Å². The molecule has 2 heterocycles. The first-order valence-corrected chi connectivity index (χ1v) is 12.4. The van der Waals surface area contributed by atoms with Crippen LogP contribution in [0.3, 0.4) is 0 Å². The van der Waals surface area contributed by atoms with Crippen LogP contribution < -0.4 is 0 Å². The minimum atomic E-state index is -1.14. The minimum absolute atomic E-state index is 0.192. The van der Waals surface area contributed by atoms with Crippen LogP contribution in [0.4, 0.5) is 0 Å². The van der Waals surface area contributed by atoms with Crippen LogP contribution in [-0.2, 0) is 28.4 Å². The van der Waals surface area contributed by atoms with Crippen LogP contribution in [0.2, 0.25) is 25.7 Å². The van der Waals surface area contributed by atoms with E-state index in [1.807, 2.05) is 26.8 Å². The fourth-order valence-electron chi connectivity index (χ4n) is 2.47. The van der Waals surface area contributed by atoms with Crippen molar-refractivity contribution >= 4 is 8.07 Å². The highest BCUT2D eigenvalue weighted by atomic mass is 28.3. The molecule has 0 radical (unpaired) electrons. The molecule has 0 N–H and O–H groups in total. The van der Waals surface area contributed by atoms with Crippen LogP contribution in [0.5, 0.6) is 0 Å². The van der Waals surface area contributed by atoms with E-state index in [1.54, 1.807) is 0 Å². The molecule has 0 bridgehead atoms. The van der Waals surface area contributed by atoms with Gasteiger partial charge in [-0.2, -0.15) is 0 Å². The highest BCUT2D eigenvalue weighted by Gasteiger charge is 2.44. The van der Waals surface area contributed by atoms with Gasteiger partial charge in [0, 0.05) is 27.4 Å². The van der Waals surface area contributed by atoms with Crippen molar-refractivity contribution in [3.63, 3.8) is 0 Å². The monoisotopic (exact) mass is 360 g/mol. The summed E-state index contributed by atoms with van der Waals surface area (Å²) in [4.78, 5) is 0. The lowest BCUT2D eigenvalue weighted by atomic mass is 10.1. The second kappa shape index (κ2) is 8.29. The van der Waals surface area contributed by atoms with Gasteiger partial charge in [0.05, 0.1) is 6.61 Å². The summed E-state index contributed by atoms with van der Waals surface area (Å²) >= 11 is 0. The lowest BCUT2D eigenvalue weighted by Gasteiger charge is -2.44. The SMILES string of the molecule is CCOCOC1=CC(OCC[Si](C)(C)C)O[C@@H]2COC(C)(C)O[C@@H]12. The van der Waals surface area contributed by atoms with Gasteiger partial charge >= 0.3 is 0 Å². The highest BCUT2D eigenvalue weighted by molar-refractivity contribution is 6.76. The molecule has 2 aliphatic heterocycles. The lowest BCUT2D eigenvalue weighted by Crippen LogP contribution is -2.54. The zero-order valence-corrected chi connectivity index (χ0v) is 16.8. The predicted molar refractivity (Wildman–Crippen MR) is 93.3 cm³/mol. The van der Waals surface area contributed by atoms with Crippen molar-refractivity contribution < 1.29 is 28.4 Å². The quantitative estimate of drug-likeness (QED) is 0.377. The average Bonchev–Trinajstić information content (AvgIpc) is 2.46. The third kappa shape index (κ3) is 6.13. The molecule has 7 heteroatoms. The van der Waals surface area contributed by atoms with E-state index in [4.69, 9.17) is 28.4 Å². The van der Waals surface area contributed by atoms with E-state index in [9.17, 15) is 0 Å². The Labute approximate surface area is 146 Å². The van der Waals surface area contributed by atoms with Gasteiger partial charge in [-0.15, -0.1) is 0 Å². The molecule has 0 aromatic carbocycles. The summed E-state index contributed by atoms with van der Waals surface area (Å²) in [5, 5.41) is 0. The van der Waals surface area contributed by atoms with E-state index in [-0.39, 0.29) is 19.0 Å². The Kier molecular flexibility index (Phi) is 6.87. The summed E-state index contributed by atoms with van der Waals surface area (Å²) in [6.45, 7) is 14.6. The molecule has 6 nitrogen and oxygen atoms in total. The maximum absolute atomic E-state index is 5.98. The summed E-state index contributed by atoms with van der Waals surface area (Å²) in [5.41, 5.74) is 0. The topological polar surface area (TPSA) is 55.4 Å². The molecule has 24 heavy (non-hydrogen) atoms. The van der Waals surface area contributed by atoms with Crippen molar-refractivity contribution in [2.45, 2.75) is 70.7 Å². The molecule has 1 saturated heterocycles. The zero-order valence-electron chi connectivity index (χ0n) is 15.8. The lowest BCUT2D eigenvalue weighted by molar-refractivity contribution is -0.329. The normalized spacial score (nSPS) is 29.8. The summed E-state index contributed by atoms with van der Waals surface area (Å²) in [5.74, 6) is 0.0403. The molecule has 0 amide bonds. The first kappa shape index (κ1) is 19.9. The van der Waals surface area contributed by atoms with Gasteiger partial charge in [-0.1, -0.05) is 19.6 Å². The molecule has 0 aromatic heterocycles. The van der Waals surface area contributed by atoms with Crippen molar-refractivity contribution in [2.75, 3.05) is 26.6 Å². The number of hydrogen-bond donors (Lipinski definition) is 0. The molecular formula is C17H32O6Si. The van der Waals surface area contributed by atoms with Crippen molar-refractivity contribution in [1.29, 1.82) is 0 Å². The minimum Gasteiger partial charge on any atom is -0.469 e. The first-order chi connectivity index (χ1) is 11.2. The van der Waals surface area contributed by atoms with Gasteiger partial charge in [0.2, 0.25) is 0 Å². The maximum atomic E-state index is 5.98. The Morgan fingerprint density at radius 1 is 1.29 bits per heavy atom. The van der Waals surface area contributed by atoms with Crippen LogP contribution in [-0.4, -0.2) is 59.0 Å². The zero-order chi connectivity index (χ0) is 17.8. The molecule has 0 saturated carbocycles. The smallest absolute Gasteiger partial charge is 0.188 e. The molecule has 1 fully saturated rings. The van der Waals surface area contributed by atoms with Crippen LogP contribution in [0.1, 0.15) is 20.8 Å². The van der Waals surface area contributed by atoms with Crippen molar-refractivity contribution in [2.24, 2.45) is 0 Å². The standard InChI is InChI=1S/C17H32O6Si/c1-7-18-12-20-13-10-15(19-8-9-24(4,5)6)22-14-11-21-17(2,3)23-16(13)14/h10,14-16H,7-9,11-12H2,1-6H3/t14-,15?,16+/m1/s1. The van der Waals surface area contributed by atoms with E-state index in [1.165, 1.54) is 0 Å². The maximum Gasteiger partial charge on any atom is 0.188 e. The Morgan fingerprint density at radius 3 is 2.71 bits per heavy atom. The molecule has 1 unspecified atom stereocenters. The van der Waals surface area contributed by atoms with E-state index in [0.717, 1.165) is 6.04 Å². The molecule has 140 valence electrons. The number of rotatable bonds is 8. The van der Waals surface area contributed by atoms with Gasteiger partial charge in [-0.05, 0) is 26.8 Å². The molecule has 2 rings (SSSR count). The molecular weight excluding hydrogens is 328 g/mol. The van der Waals surface area contributed by atoms with Crippen LogP contribution in [0, 0.1) is 0 Å². The highest BCUT2D eigenvalue weighted by Crippen LogP contribution is 2.33. The van der Waals surface area contributed by atoms with E-state index < -0.39 is 20.2 Å². The van der Waals surface area contributed by atoms with Gasteiger partial charge in [-0.25, -0.2) is 0 Å². The summed E-state index contributed by atoms with van der Waals surface area (Å²) in [6, 6.07) is 1.09. The van der Waals surface area contributed by atoms with Crippen LogP contribution in [0.15, 0.2) is 11.8 Å². The first-order valence-electron chi connectivity index (χ1n) is 8.71. The van der Waals surface area contributed by atoms with Gasteiger partial charge in [0.25, 0.3) is 0 Å². The summed E-state index contributed by atoms with van der Waals surface area (Å²) in [7, 11) is -1.14. The van der Waals surface area contributed by atoms with Gasteiger partial charge in [-0.3, -0.25) is 0 Å². The molecule has 2 aliphatic rings. The molecule has 0 aromatic rings. The third-order valence-corrected chi connectivity index (χ3v) is 5.58. The van der Waals surface area contributed by atoms with Crippen molar-refractivity contribution in [3.05, 3.63) is 11.8 Å². The van der Waals surface area contributed by atoms with E-state index >= 15 is 0 Å². The summed E-state index contributed by atoms with van der Waals surface area (Å²) < 4.78 is 34.6. The van der Waals surface area contributed by atoms with Crippen molar-refractivity contribution in [1.82, 2.24) is 0 Å². The Morgan fingerprint density at radius 2 is 2.04 bits per heavy atom. The fraction of sp³-hybridized carbons (Fsp3) is 0.882. The van der Waals surface area contributed by atoms with E-state index in [0.29, 0.717) is 25.6 Å². The van der Waals surface area contributed by atoms with Crippen LogP contribution >= 0.6 is 0 Å². The Hall–Kier alpha value is -0.443.